The molecular formula is C27H28O10S. The van der Waals surface area contributed by atoms with Crippen LogP contribution in [-0.4, -0.2) is 61.4 Å². The van der Waals surface area contributed by atoms with E-state index in [1.807, 2.05) is 36.4 Å². The van der Waals surface area contributed by atoms with Gasteiger partial charge >= 0.3 is 16.4 Å². The molecule has 4 rings (SSSR count). The Morgan fingerprint density at radius 3 is 1.79 bits per heavy atom. The zero-order valence-electron chi connectivity index (χ0n) is 20.2. The van der Waals surface area contributed by atoms with Gasteiger partial charge < -0.3 is 24.1 Å². The lowest BCUT2D eigenvalue weighted by Gasteiger charge is -2.43. The number of hydrogen-bond acceptors (Lipinski definition) is 9. The van der Waals surface area contributed by atoms with E-state index in [2.05, 4.69) is 0 Å². The molecular weight excluding hydrogens is 516 g/mol. The molecule has 3 aromatic rings. The fourth-order valence-corrected chi connectivity index (χ4v) is 4.52. The van der Waals surface area contributed by atoms with Crippen molar-refractivity contribution in [2.45, 2.75) is 43.9 Å². The Hall–Kier alpha value is -3.16. The van der Waals surface area contributed by atoms with Gasteiger partial charge in [-0.15, -0.1) is 0 Å². The first kappa shape index (κ1) is 27.9. The summed E-state index contributed by atoms with van der Waals surface area (Å²) in [5.41, 5.74) is 1.80. The first-order valence-corrected chi connectivity index (χ1v) is 13.2. The van der Waals surface area contributed by atoms with Crippen LogP contribution in [0.25, 0.3) is 0 Å². The second-order valence-corrected chi connectivity index (χ2v) is 9.59. The quantitative estimate of drug-likeness (QED) is 0.274. The average Bonchev–Trinajstić information content (AvgIpc) is 2.92. The third kappa shape index (κ3) is 7.92. The van der Waals surface area contributed by atoms with Gasteiger partial charge in [-0.2, -0.15) is 8.42 Å². The van der Waals surface area contributed by atoms with Crippen molar-refractivity contribution in [1.29, 1.82) is 0 Å². The molecule has 1 aliphatic rings. The van der Waals surface area contributed by atoms with Crippen LogP contribution in [0.2, 0.25) is 0 Å². The first-order chi connectivity index (χ1) is 18.3. The maximum Gasteiger partial charge on any atom is 0.397 e. The minimum atomic E-state index is -5.01. The van der Waals surface area contributed by atoms with Crippen molar-refractivity contribution in [3.8, 4) is 0 Å². The highest BCUT2D eigenvalue weighted by molar-refractivity contribution is 7.80. The van der Waals surface area contributed by atoms with Crippen LogP contribution < -0.4 is 0 Å². The summed E-state index contributed by atoms with van der Waals surface area (Å²) in [5, 5.41) is 10.8. The van der Waals surface area contributed by atoms with Crippen LogP contribution in [0.1, 0.15) is 21.5 Å². The summed E-state index contributed by atoms with van der Waals surface area (Å²) in [6.07, 6.45) is -6.91. The molecule has 1 saturated heterocycles. The average molecular weight is 545 g/mol. The maximum atomic E-state index is 12.5. The minimum Gasteiger partial charge on any atom is -0.459 e. The SMILES string of the molecule is O=C(OC[C@H]1O[C@@H](O)[C@H](OCc2ccccc2)[C@@H](OCc2ccccc2)[C@H]1OS(=O)(=O)O)c1ccccc1. The summed E-state index contributed by atoms with van der Waals surface area (Å²) < 4.78 is 60.9. The van der Waals surface area contributed by atoms with Crippen LogP contribution in [0, 0.1) is 0 Å². The standard InChI is InChI=1S/C27H28O10S/c28-26(21-14-8-3-9-15-21)35-18-22-23(37-38(30,31)32)24(33-16-19-10-4-1-5-11-19)25(27(29)36-22)34-17-20-12-6-2-7-13-20/h1-15,22-25,27,29H,16-18H2,(H,30,31,32)/t22-,23+,24+,25-,27-/m1/s1. The lowest BCUT2D eigenvalue weighted by molar-refractivity contribution is -0.303. The number of benzene rings is 3. The van der Waals surface area contributed by atoms with E-state index in [9.17, 15) is 22.9 Å². The fraction of sp³-hybridized carbons (Fsp3) is 0.296. The Bertz CT molecular complexity index is 1250. The Balaban J connectivity index is 1.57. The van der Waals surface area contributed by atoms with Gasteiger partial charge in [0.05, 0.1) is 18.8 Å². The Morgan fingerprint density at radius 1 is 0.763 bits per heavy atom. The molecule has 1 fully saturated rings. The Labute approximate surface area is 220 Å². The zero-order valence-corrected chi connectivity index (χ0v) is 21.1. The van der Waals surface area contributed by atoms with Crippen molar-refractivity contribution >= 4 is 16.4 Å². The van der Waals surface area contributed by atoms with Crippen LogP contribution in [0.4, 0.5) is 0 Å². The molecule has 2 N–H and O–H groups in total. The van der Waals surface area contributed by atoms with E-state index >= 15 is 0 Å². The van der Waals surface area contributed by atoms with E-state index in [4.69, 9.17) is 23.1 Å². The van der Waals surface area contributed by atoms with Gasteiger partial charge in [0, 0.05) is 0 Å². The van der Waals surface area contributed by atoms with Gasteiger partial charge in [-0.1, -0.05) is 78.9 Å². The van der Waals surface area contributed by atoms with Gasteiger partial charge in [-0.25, -0.2) is 8.98 Å². The van der Waals surface area contributed by atoms with Gasteiger partial charge in [0.15, 0.2) is 6.29 Å². The summed E-state index contributed by atoms with van der Waals surface area (Å²) >= 11 is 0. The minimum absolute atomic E-state index is 0.00524. The smallest absolute Gasteiger partial charge is 0.397 e. The molecule has 0 unspecified atom stereocenters. The van der Waals surface area contributed by atoms with Crippen molar-refractivity contribution in [2.75, 3.05) is 6.61 Å². The van der Waals surface area contributed by atoms with Crippen LogP contribution in [0.15, 0.2) is 91.0 Å². The number of carbonyl (C=O) groups is 1. The topological polar surface area (TPSA) is 138 Å². The second kappa shape index (κ2) is 13.1. The predicted molar refractivity (Wildman–Crippen MR) is 134 cm³/mol. The molecule has 1 aliphatic heterocycles. The van der Waals surface area contributed by atoms with Crippen molar-refractivity contribution in [3.63, 3.8) is 0 Å². The summed E-state index contributed by atoms with van der Waals surface area (Å²) in [6, 6.07) is 26.3. The molecule has 0 bridgehead atoms. The molecule has 11 heteroatoms. The van der Waals surface area contributed by atoms with E-state index in [0.717, 1.165) is 11.1 Å². The first-order valence-electron chi connectivity index (χ1n) is 11.8. The van der Waals surface area contributed by atoms with Crippen molar-refractivity contribution in [3.05, 3.63) is 108 Å². The van der Waals surface area contributed by atoms with Crippen LogP contribution in [0.5, 0.6) is 0 Å². The number of aliphatic hydroxyl groups excluding tert-OH is 1. The normalized spacial score (nSPS) is 23.6. The molecule has 0 aromatic heterocycles. The molecule has 0 spiro atoms. The third-order valence-corrected chi connectivity index (χ3v) is 6.27. The lowest BCUT2D eigenvalue weighted by atomic mass is 9.98. The van der Waals surface area contributed by atoms with Gasteiger partial charge in [0.2, 0.25) is 0 Å². The Morgan fingerprint density at radius 2 is 1.26 bits per heavy atom. The van der Waals surface area contributed by atoms with Crippen LogP contribution >= 0.6 is 0 Å². The highest BCUT2D eigenvalue weighted by Gasteiger charge is 2.50. The third-order valence-electron chi connectivity index (χ3n) is 5.80. The fourth-order valence-electron chi connectivity index (χ4n) is 4.00. The number of rotatable bonds is 11. The van der Waals surface area contributed by atoms with Crippen molar-refractivity contribution < 1.29 is 46.0 Å². The van der Waals surface area contributed by atoms with Gasteiger partial charge in [0.25, 0.3) is 0 Å². The summed E-state index contributed by atoms with van der Waals surface area (Å²) in [5.74, 6) is -0.696. The molecule has 202 valence electrons. The van der Waals surface area contributed by atoms with Crippen LogP contribution in [-0.2, 0) is 46.7 Å². The van der Waals surface area contributed by atoms with E-state index in [0.29, 0.717) is 0 Å². The Kier molecular flexibility index (Phi) is 9.58. The summed E-state index contributed by atoms with van der Waals surface area (Å²) in [4.78, 5) is 12.5. The van der Waals surface area contributed by atoms with Gasteiger partial charge in [-0.05, 0) is 23.3 Å². The monoisotopic (exact) mass is 544 g/mol. The maximum absolute atomic E-state index is 12.5. The number of aliphatic hydroxyl groups is 1. The molecule has 5 atom stereocenters. The number of esters is 1. The molecule has 3 aromatic carbocycles. The van der Waals surface area contributed by atoms with Crippen LogP contribution in [0.3, 0.4) is 0 Å². The molecule has 0 saturated carbocycles. The lowest BCUT2D eigenvalue weighted by Crippen LogP contribution is -2.61. The second-order valence-electron chi connectivity index (χ2n) is 8.54. The van der Waals surface area contributed by atoms with E-state index in [1.165, 1.54) is 0 Å². The zero-order chi connectivity index (χ0) is 27.0. The van der Waals surface area contributed by atoms with E-state index < -0.39 is 53.7 Å². The van der Waals surface area contributed by atoms with E-state index in [-0.39, 0.29) is 18.8 Å². The summed E-state index contributed by atoms with van der Waals surface area (Å²) in [6.45, 7) is -0.448. The molecule has 0 amide bonds. The molecule has 0 radical (unpaired) electrons. The summed E-state index contributed by atoms with van der Waals surface area (Å²) in [7, 11) is -5.01. The number of ether oxygens (including phenoxy) is 4. The van der Waals surface area contributed by atoms with Crippen molar-refractivity contribution in [2.24, 2.45) is 0 Å². The van der Waals surface area contributed by atoms with Gasteiger partial charge in [0.1, 0.15) is 31.0 Å². The molecule has 38 heavy (non-hydrogen) atoms. The molecule has 10 nitrogen and oxygen atoms in total. The highest BCUT2D eigenvalue weighted by Crippen LogP contribution is 2.30. The number of hydrogen-bond donors (Lipinski definition) is 2. The highest BCUT2D eigenvalue weighted by atomic mass is 32.3. The predicted octanol–water partition coefficient (Wildman–Crippen LogP) is 2.92. The molecule has 0 aliphatic carbocycles. The van der Waals surface area contributed by atoms with E-state index in [1.54, 1.807) is 54.6 Å². The number of carbonyl (C=O) groups excluding carboxylic acids is 1. The largest absolute Gasteiger partial charge is 0.459 e. The van der Waals surface area contributed by atoms with Gasteiger partial charge in [-0.3, -0.25) is 4.55 Å². The molecule has 1 heterocycles. The van der Waals surface area contributed by atoms with Crippen molar-refractivity contribution in [1.82, 2.24) is 0 Å².